The number of carbonyl (C=O) groups excluding carboxylic acids is 1. The number of fused-ring (bicyclic) bond motifs is 1. The number of aryl methyl sites for hydroxylation is 5. The summed E-state index contributed by atoms with van der Waals surface area (Å²) in [5, 5.41) is 1.27. The summed E-state index contributed by atoms with van der Waals surface area (Å²) in [7, 11) is 0. The van der Waals surface area contributed by atoms with E-state index in [1.807, 2.05) is 152 Å². The number of nitrogens with zero attached hydrogens (tertiary/aromatic N) is 7. The quantitative estimate of drug-likeness (QED) is 0.0313. The molecule has 13 rings (SSSR count). The van der Waals surface area contributed by atoms with Crippen LogP contribution in [-0.4, -0.2) is 25.3 Å². The first kappa shape index (κ1) is 143. The topological polar surface area (TPSA) is 62.7 Å². The summed E-state index contributed by atoms with van der Waals surface area (Å²) in [6.45, 7) is 75.1. The Morgan fingerprint density at radius 3 is 0.909 bits per heavy atom. The Bertz CT molecular complexity index is 5150. The van der Waals surface area contributed by atoms with E-state index in [0.717, 1.165) is 69.8 Å². The smallest absolute Gasteiger partial charge is 0.308 e. The lowest BCUT2D eigenvalue weighted by Crippen LogP contribution is -3.00. The van der Waals surface area contributed by atoms with Crippen LogP contribution in [0.1, 0.15) is 273 Å². The van der Waals surface area contributed by atoms with E-state index in [2.05, 4.69) is 429 Å². The monoisotopic (exact) mass is 2080 g/mol. The number of halogens is 7. The molecule has 0 radical (unpaired) electrons. The Hall–Kier alpha value is -10.7. The van der Waals surface area contributed by atoms with E-state index in [1.165, 1.54) is 98.9 Å². The van der Waals surface area contributed by atoms with Crippen LogP contribution in [0, 0.1) is 5.92 Å². The molecule has 0 aliphatic carbocycles. The number of carbonyl (C=O) groups is 1. The third kappa shape index (κ3) is 61.2. The van der Waals surface area contributed by atoms with Gasteiger partial charge in [0, 0.05) is 96.9 Å². The van der Waals surface area contributed by atoms with Crippen molar-refractivity contribution in [3.8, 4) is 0 Å². The van der Waals surface area contributed by atoms with Crippen molar-refractivity contribution < 1.29 is 133 Å². The van der Waals surface area contributed by atoms with Crippen molar-refractivity contribution >= 4 is 59.4 Å². The van der Waals surface area contributed by atoms with Gasteiger partial charge in [0.15, 0.2) is 93.6 Å². The molecule has 0 saturated carbocycles. The highest BCUT2D eigenvalue weighted by Crippen LogP contribution is 2.22. The van der Waals surface area contributed by atoms with E-state index in [0.29, 0.717) is 48.8 Å². The van der Waals surface area contributed by atoms with Crippen molar-refractivity contribution in [2.75, 3.05) is 13.2 Å². The lowest BCUT2D eigenvalue weighted by atomic mass is 9.99. The first-order chi connectivity index (χ1) is 66.0. The lowest BCUT2D eigenvalue weighted by molar-refractivity contribution is -0.702. The molecule has 778 valence electrons. The maximum Gasteiger partial charge on any atom is 0.308 e. The maximum absolute atomic E-state index is 11.4. The van der Waals surface area contributed by atoms with Gasteiger partial charge in [0.05, 0.1) is 17.4 Å². The Kier molecular flexibility index (Phi) is 91.2. The van der Waals surface area contributed by atoms with Crippen molar-refractivity contribution in [3.05, 3.63) is 448 Å². The number of ether oxygens (including phenoxy) is 2. The van der Waals surface area contributed by atoms with Gasteiger partial charge in [-0.2, -0.15) is 9.13 Å². The average Bonchev–Trinajstić information content (AvgIpc) is 0.806. The standard InChI is InChI=1S/C14H20NO2.C13H20NO.C13H14N.2C11H18N.3C10H14.2C9H12N.2C8H8.7ClH/c1-4-12(3)14(16)17-11-10-15-8-6-13(5-2)7-9-15;1-4-12(3)15-11-10-14-8-6-13(5-2)7-9-14;1-3-11-9-10-14(4-2)13-8-6-5-7-12(11)13;1-4-10(3)11-6-8-12(5-2)9-7-11;1-4-10(3)11-8-6-7-9-12(11)5-2;3*1-3-9(2)10-7-5-4-6-8-10;1-3-9-5-7-10(4-2)8-6-9;1-3-9-7-5-6-8-10(9)4-2;2*1-2-8-6-4-3-5-7-8;;;;;;;/h5-9,12H,2,4,10-11H2,1,3H3;5-9,12H,2,4,10-11H2,1,3H3;3,5-10H,1,4H2,2H3;2*6-10H,4-5H2,1-3H3;3*4-9H,3H2,1-2H3;2*3,5-8H,1,4H2,2H3;2*2-7H,1H2;7*1H/q5*+1;;;;2*+1;;;;;;;;;/p-7. The first-order valence-corrected chi connectivity index (χ1v) is 49.7. The Balaban J connectivity index is -0.000000358. The predicted octanol–water partition coefficient (Wildman–Crippen LogP) is 9.01. The molecule has 10 nitrogen and oxygen atoms in total. The zero-order valence-corrected chi connectivity index (χ0v) is 94.9. The van der Waals surface area contributed by atoms with Crippen LogP contribution in [0.3, 0.4) is 0 Å². The minimum absolute atomic E-state index is 0. The summed E-state index contributed by atoms with van der Waals surface area (Å²) in [6.07, 6.45) is 44.0. The van der Waals surface area contributed by atoms with Gasteiger partial charge in [-0.05, 0) is 178 Å². The van der Waals surface area contributed by atoms with E-state index in [9.17, 15) is 4.79 Å². The molecule has 0 amide bonds. The van der Waals surface area contributed by atoms with Crippen LogP contribution in [0.5, 0.6) is 0 Å². The summed E-state index contributed by atoms with van der Waals surface area (Å²) in [5.41, 5.74) is 16.6. The van der Waals surface area contributed by atoms with Gasteiger partial charge < -0.3 is 96.3 Å². The number of para-hydroxylation sites is 1. The van der Waals surface area contributed by atoms with Gasteiger partial charge in [0.1, 0.15) is 39.3 Å². The van der Waals surface area contributed by atoms with Crippen LogP contribution in [0.4, 0.5) is 0 Å². The molecule has 0 spiro atoms. The second-order valence-electron chi connectivity index (χ2n) is 33.2. The normalized spacial score (nSPS) is 10.9. The van der Waals surface area contributed by atoms with Crippen LogP contribution in [0.25, 0.3) is 53.4 Å². The van der Waals surface area contributed by atoms with Gasteiger partial charge in [-0.1, -0.05) is 342 Å². The molecule has 0 N–H and O–H groups in total. The molecule has 7 aromatic heterocycles. The lowest BCUT2D eigenvalue weighted by Gasteiger charge is -2.08. The van der Waals surface area contributed by atoms with Crippen LogP contribution in [-0.2, 0) is 60.1 Å². The minimum Gasteiger partial charge on any atom is -1.00 e. The second-order valence-corrected chi connectivity index (χ2v) is 33.2. The summed E-state index contributed by atoms with van der Waals surface area (Å²) in [6, 6.07) is 91.6. The largest absolute Gasteiger partial charge is 1.00 e. The van der Waals surface area contributed by atoms with Crippen molar-refractivity contribution in [1.29, 1.82) is 0 Å². The molecule has 0 aliphatic rings. The molecule has 0 aliphatic heterocycles. The molecular weight excluding hydrogens is 1910 g/mol. The summed E-state index contributed by atoms with van der Waals surface area (Å²) in [4.78, 5) is 11.4. The van der Waals surface area contributed by atoms with Gasteiger partial charge in [-0.15, -0.1) is 0 Å². The molecule has 0 fully saturated rings. The zero-order chi connectivity index (χ0) is 100. The molecular formula is C126H172Cl7N7O3. The van der Waals surface area contributed by atoms with Gasteiger partial charge in [-0.25, -0.2) is 22.8 Å². The van der Waals surface area contributed by atoms with Gasteiger partial charge in [0.2, 0.25) is 11.2 Å². The fourth-order valence-corrected chi connectivity index (χ4v) is 13.0. The molecule has 13 aromatic rings. The van der Waals surface area contributed by atoms with Crippen molar-refractivity contribution in [1.82, 2.24) is 0 Å². The van der Waals surface area contributed by atoms with Gasteiger partial charge in [-0.3, -0.25) is 4.79 Å². The van der Waals surface area contributed by atoms with Crippen LogP contribution >= 0.6 is 0 Å². The summed E-state index contributed by atoms with van der Waals surface area (Å²) < 4.78 is 25.9. The van der Waals surface area contributed by atoms with E-state index in [-0.39, 0.29) is 98.7 Å². The summed E-state index contributed by atoms with van der Waals surface area (Å²) in [5.74, 6) is 3.37. The molecule has 0 bridgehead atoms. The molecule has 143 heavy (non-hydrogen) atoms. The average molecular weight is 2080 g/mol. The van der Waals surface area contributed by atoms with Crippen LogP contribution < -0.4 is 119 Å². The van der Waals surface area contributed by atoms with Crippen LogP contribution in [0.15, 0.2) is 381 Å². The van der Waals surface area contributed by atoms with E-state index >= 15 is 0 Å². The summed E-state index contributed by atoms with van der Waals surface area (Å²) >= 11 is 0. The first-order valence-electron chi connectivity index (χ1n) is 49.7. The molecule has 17 heteroatoms. The third-order valence-electron chi connectivity index (χ3n) is 23.7. The molecule has 0 saturated heterocycles. The van der Waals surface area contributed by atoms with E-state index < -0.39 is 0 Å². The van der Waals surface area contributed by atoms with Gasteiger partial charge >= 0.3 is 5.97 Å². The maximum atomic E-state index is 11.4. The number of benzene rings is 6. The number of pyridine rings is 7. The zero-order valence-electron chi connectivity index (χ0n) is 89.6. The van der Waals surface area contributed by atoms with E-state index in [1.54, 1.807) is 6.08 Å². The number of aromatic nitrogens is 7. The molecule has 7 heterocycles. The second kappa shape index (κ2) is 91.2. The highest BCUT2D eigenvalue weighted by molar-refractivity contribution is 5.85. The Labute approximate surface area is 910 Å². The Morgan fingerprint density at radius 2 is 0.587 bits per heavy atom. The third-order valence-corrected chi connectivity index (χ3v) is 23.7. The van der Waals surface area contributed by atoms with Crippen molar-refractivity contribution in [2.24, 2.45) is 5.92 Å². The highest BCUT2D eigenvalue weighted by atomic mass is 35.5. The van der Waals surface area contributed by atoms with Crippen LogP contribution in [0.2, 0.25) is 0 Å². The molecule has 7 unspecified atom stereocenters. The number of hydrogen-bond acceptors (Lipinski definition) is 3. The Morgan fingerprint density at radius 1 is 0.273 bits per heavy atom. The predicted molar refractivity (Wildman–Crippen MR) is 585 cm³/mol. The molecule has 6 aromatic carbocycles. The highest BCUT2D eigenvalue weighted by Gasteiger charge is 2.16. The SMILES string of the molecule is C=Cc1cc[n+](CC)c2ccccc12.C=Cc1cc[n+](CC)cc1.C=Cc1cc[n+](CCOC(=O)C(C)CC)cc1.C=Cc1cc[n+](CCOC(C)CC)cc1.C=Cc1cccc[n+]1CC.C=Cc1ccccc1.C=Cc1ccccc1.CCC(C)c1cc[n+](CC)cc1.CCC(C)c1cccc[n+]1CC.CCC(C)c1ccccc1.CCC(C)c1ccccc1.CCC(C)c1ccccc1.[Cl-].[Cl-].[Cl-].[Cl-].[Cl-].[Cl-].[Cl-]. The fourth-order valence-electron chi connectivity index (χ4n) is 13.0. The number of esters is 1. The number of hydrogen-bond donors (Lipinski definition) is 0. The minimum atomic E-state index is -0.115. The van der Waals surface area contributed by atoms with Gasteiger partial charge in [0.25, 0.3) is 0 Å². The van der Waals surface area contributed by atoms with Crippen molar-refractivity contribution in [2.45, 2.75) is 258 Å². The van der Waals surface area contributed by atoms with Crippen molar-refractivity contribution in [3.63, 3.8) is 0 Å². The number of rotatable bonds is 32. The fraction of sp³-hybridized carbons (Fsp3) is 0.333. The van der Waals surface area contributed by atoms with E-state index in [4.69, 9.17) is 9.47 Å². The molecule has 7 atom stereocenters.